The second kappa shape index (κ2) is 6.18. The summed E-state index contributed by atoms with van der Waals surface area (Å²) in [7, 11) is -2.02. The van der Waals surface area contributed by atoms with Gasteiger partial charge in [0.25, 0.3) is 10.1 Å². The minimum Gasteiger partial charge on any atom is -0.496 e. The van der Waals surface area contributed by atoms with Gasteiger partial charge in [0.2, 0.25) is 0 Å². The van der Waals surface area contributed by atoms with Gasteiger partial charge in [0.15, 0.2) is 0 Å². The Balaban J connectivity index is 2.89. The summed E-state index contributed by atoms with van der Waals surface area (Å²) in [6.07, 6.45) is 1.47. The van der Waals surface area contributed by atoms with Crippen molar-refractivity contribution in [3.8, 4) is 5.75 Å². The van der Waals surface area contributed by atoms with Crippen LogP contribution in [0.3, 0.4) is 0 Å². The second-order valence-corrected chi connectivity index (χ2v) is 5.44. The highest BCUT2D eigenvalue weighted by Gasteiger charge is 2.04. The third-order valence-electron chi connectivity index (χ3n) is 1.89. The molecule has 1 aromatic carbocycles. The van der Waals surface area contributed by atoms with E-state index in [-0.39, 0.29) is 6.61 Å². The molecule has 0 fully saturated rings. The Bertz CT molecular complexity index is 508. The molecule has 0 aliphatic heterocycles. The van der Waals surface area contributed by atoms with E-state index in [0.717, 1.165) is 15.4 Å². The molecule has 0 heterocycles. The van der Waals surface area contributed by atoms with Crippen molar-refractivity contribution in [2.24, 2.45) is 0 Å². The first kappa shape index (κ1) is 14.2. The number of halogens is 1. The normalized spacial score (nSPS) is 11.9. The van der Waals surface area contributed by atoms with Crippen LogP contribution in [-0.4, -0.2) is 22.1 Å². The van der Waals surface area contributed by atoms with Crippen LogP contribution in [0.4, 0.5) is 0 Å². The van der Waals surface area contributed by atoms with Gasteiger partial charge >= 0.3 is 0 Å². The summed E-state index contributed by atoms with van der Waals surface area (Å²) in [4.78, 5) is 0. The molecule has 0 saturated carbocycles. The summed E-state index contributed by atoms with van der Waals surface area (Å²) in [6.45, 7) is 1.74. The summed E-state index contributed by atoms with van der Waals surface area (Å²) >= 11 is 3.32. The van der Waals surface area contributed by atoms with Crippen LogP contribution in [-0.2, 0) is 14.3 Å². The molecule has 6 heteroatoms. The van der Waals surface area contributed by atoms with Gasteiger partial charge in [0.1, 0.15) is 5.75 Å². The highest BCUT2D eigenvalue weighted by atomic mass is 79.9. The van der Waals surface area contributed by atoms with E-state index in [1.165, 1.54) is 6.08 Å². The second-order valence-electron chi connectivity index (χ2n) is 3.10. The summed E-state index contributed by atoms with van der Waals surface area (Å²) < 4.78 is 32.9. The monoisotopic (exact) mass is 320 g/mol. The van der Waals surface area contributed by atoms with Gasteiger partial charge in [-0.2, -0.15) is 8.42 Å². The number of ether oxygens (including phenoxy) is 1. The Labute approximate surface area is 109 Å². The molecular weight excluding hydrogens is 308 g/mol. The fourth-order valence-corrected chi connectivity index (χ4v) is 2.44. The van der Waals surface area contributed by atoms with Crippen LogP contribution in [0, 0.1) is 0 Å². The first-order chi connectivity index (χ1) is 7.98. The van der Waals surface area contributed by atoms with Crippen molar-refractivity contribution in [3.63, 3.8) is 0 Å². The fourth-order valence-electron chi connectivity index (χ4n) is 1.15. The van der Waals surface area contributed by atoms with Gasteiger partial charge in [-0.05, 0) is 46.6 Å². The number of rotatable bonds is 5. The highest BCUT2D eigenvalue weighted by Crippen LogP contribution is 2.26. The Morgan fingerprint density at radius 3 is 2.65 bits per heavy atom. The summed E-state index contributed by atoms with van der Waals surface area (Å²) in [5, 5.41) is 1.03. The Morgan fingerprint density at radius 1 is 1.41 bits per heavy atom. The van der Waals surface area contributed by atoms with Gasteiger partial charge in [-0.25, -0.2) is 0 Å². The standard InChI is InChI=1S/C11H13BrO4S/c1-3-16-17(13,14)7-6-9-4-5-11(15-2)10(12)8-9/h4-8H,3H2,1-2H3/b7-6+. The van der Waals surface area contributed by atoms with Crippen molar-refractivity contribution in [2.45, 2.75) is 6.92 Å². The molecule has 0 unspecified atom stereocenters. The van der Waals surface area contributed by atoms with Crippen molar-refractivity contribution >= 4 is 32.1 Å². The van der Waals surface area contributed by atoms with Crippen molar-refractivity contribution in [3.05, 3.63) is 33.6 Å². The van der Waals surface area contributed by atoms with E-state index in [2.05, 4.69) is 20.1 Å². The summed E-state index contributed by atoms with van der Waals surface area (Å²) in [6, 6.07) is 5.26. The molecule has 1 aromatic rings. The van der Waals surface area contributed by atoms with E-state index in [0.29, 0.717) is 5.75 Å². The van der Waals surface area contributed by atoms with E-state index in [1.807, 2.05) is 0 Å². The van der Waals surface area contributed by atoms with Crippen LogP contribution in [0.15, 0.2) is 28.1 Å². The molecule has 1 rings (SSSR count). The van der Waals surface area contributed by atoms with Crippen molar-refractivity contribution < 1.29 is 17.3 Å². The zero-order valence-corrected chi connectivity index (χ0v) is 11.9. The van der Waals surface area contributed by atoms with Gasteiger partial charge in [-0.3, -0.25) is 4.18 Å². The lowest BCUT2D eigenvalue weighted by Crippen LogP contribution is -2.00. The van der Waals surface area contributed by atoms with E-state index in [9.17, 15) is 8.42 Å². The maximum atomic E-state index is 11.3. The number of benzene rings is 1. The third kappa shape index (κ3) is 4.49. The fraction of sp³-hybridized carbons (Fsp3) is 0.273. The highest BCUT2D eigenvalue weighted by molar-refractivity contribution is 9.10. The number of methoxy groups -OCH3 is 1. The summed E-state index contributed by atoms with van der Waals surface area (Å²) in [5.74, 6) is 0.690. The van der Waals surface area contributed by atoms with Gasteiger partial charge < -0.3 is 4.74 Å². The first-order valence-corrected chi connectivity index (χ1v) is 7.16. The van der Waals surface area contributed by atoms with Crippen molar-refractivity contribution in [1.82, 2.24) is 0 Å². The van der Waals surface area contributed by atoms with Crippen LogP contribution in [0.5, 0.6) is 5.75 Å². The molecule has 0 atom stereocenters. The minimum atomic E-state index is -3.59. The molecule has 0 saturated heterocycles. The molecule has 0 amide bonds. The molecule has 0 aromatic heterocycles. The van der Waals surface area contributed by atoms with Gasteiger partial charge in [-0.1, -0.05) is 6.07 Å². The molecule has 94 valence electrons. The molecule has 17 heavy (non-hydrogen) atoms. The lowest BCUT2D eigenvalue weighted by atomic mass is 10.2. The van der Waals surface area contributed by atoms with E-state index < -0.39 is 10.1 Å². The molecule has 0 N–H and O–H groups in total. The van der Waals surface area contributed by atoms with Gasteiger partial charge in [0.05, 0.1) is 23.6 Å². The van der Waals surface area contributed by atoms with E-state index >= 15 is 0 Å². The molecule has 0 aliphatic rings. The molecule has 4 nitrogen and oxygen atoms in total. The van der Waals surface area contributed by atoms with Crippen LogP contribution >= 0.6 is 15.9 Å². The Morgan fingerprint density at radius 2 is 2.12 bits per heavy atom. The van der Waals surface area contributed by atoms with Crippen molar-refractivity contribution in [1.29, 1.82) is 0 Å². The Hall–Kier alpha value is -0.850. The zero-order chi connectivity index (χ0) is 12.9. The van der Waals surface area contributed by atoms with E-state index in [1.54, 1.807) is 32.2 Å². The average Bonchev–Trinajstić information content (AvgIpc) is 2.27. The molecule has 0 bridgehead atoms. The quantitative estimate of drug-likeness (QED) is 0.783. The molecule has 0 aliphatic carbocycles. The SMILES string of the molecule is CCOS(=O)(=O)/C=C/c1ccc(OC)c(Br)c1. The molecule has 0 radical (unpaired) electrons. The maximum absolute atomic E-state index is 11.3. The lowest BCUT2D eigenvalue weighted by Gasteiger charge is -2.03. The largest absolute Gasteiger partial charge is 0.496 e. The number of hydrogen-bond acceptors (Lipinski definition) is 4. The molecular formula is C11H13BrO4S. The predicted molar refractivity (Wildman–Crippen MR) is 70.3 cm³/mol. The van der Waals surface area contributed by atoms with Crippen LogP contribution in [0.25, 0.3) is 6.08 Å². The summed E-state index contributed by atoms with van der Waals surface area (Å²) in [5.41, 5.74) is 0.737. The van der Waals surface area contributed by atoms with E-state index in [4.69, 9.17) is 4.74 Å². The molecule has 0 spiro atoms. The topological polar surface area (TPSA) is 52.6 Å². The number of hydrogen-bond donors (Lipinski definition) is 0. The van der Waals surface area contributed by atoms with Crippen molar-refractivity contribution in [2.75, 3.05) is 13.7 Å². The van der Waals surface area contributed by atoms with Crippen LogP contribution in [0.2, 0.25) is 0 Å². The van der Waals surface area contributed by atoms with Gasteiger partial charge in [0, 0.05) is 0 Å². The zero-order valence-electron chi connectivity index (χ0n) is 9.51. The minimum absolute atomic E-state index is 0.124. The predicted octanol–water partition coefficient (Wildman–Crippen LogP) is 2.79. The van der Waals surface area contributed by atoms with Gasteiger partial charge in [-0.15, -0.1) is 0 Å². The lowest BCUT2D eigenvalue weighted by molar-refractivity contribution is 0.345. The van der Waals surface area contributed by atoms with Crippen LogP contribution in [0.1, 0.15) is 12.5 Å². The average molecular weight is 321 g/mol. The maximum Gasteiger partial charge on any atom is 0.290 e. The smallest absolute Gasteiger partial charge is 0.290 e. The third-order valence-corrected chi connectivity index (χ3v) is 3.54. The van der Waals surface area contributed by atoms with Crippen LogP contribution < -0.4 is 4.74 Å². The first-order valence-electron chi connectivity index (χ1n) is 4.89. The Kier molecular flexibility index (Phi) is 5.17.